The third-order valence-corrected chi connectivity index (χ3v) is 16.9. The summed E-state index contributed by atoms with van der Waals surface area (Å²) in [4.78, 5) is 44.0. The number of carbonyl (C=O) groups excluding carboxylic acids is 1. The van der Waals surface area contributed by atoms with E-state index in [-0.39, 0.29) is 59.2 Å². The Hall–Kier alpha value is -6.29. The van der Waals surface area contributed by atoms with Gasteiger partial charge in [0.1, 0.15) is 5.75 Å². The van der Waals surface area contributed by atoms with E-state index in [1.807, 2.05) is 60.8 Å². The van der Waals surface area contributed by atoms with Crippen molar-refractivity contribution in [1.82, 2.24) is 24.1 Å². The van der Waals surface area contributed by atoms with E-state index in [4.69, 9.17) is 18.9 Å². The second kappa shape index (κ2) is 16.6. The predicted molar refractivity (Wildman–Crippen MR) is 233 cm³/mol. The molecule has 61 heavy (non-hydrogen) atoms. The molecular formula is C46H50N6O8Si. The Bertz CT molecular complexity index is 2680. The molecule has 1 fully saturated rings. The van der Waals surface area contributed by atoms with Gasteiger partial charge in [0, 0.05) is 61.0 Å². The molecule has 14 nitrogen and oxygen atoms in total. The van der Waals surface area contributed by atoms with Crippen LogP contribution in [0.1, 0.15) is 30.2 Å². The number of fused-ring (bicyclic) bond motifs is 2. The van der Waals surface area contributed by atoms with Crippen LogP contribution < -0.4 is 35.4 Å². The Kier molecular flexibility index (Phi) is 11.3. The van der Waals surface area contributed by atoms with Gasteiger partial charge in [0.15, 0.2) is 17.1 Å². The topological polar surface area (TPSA) is 152 Å². The van der Waals surface area contributed by atoms with E-state index >= 15 is 4.79 Å². The van der Waals surface area contributed by atoms with Gasteiger partial charge in [-0.1, -0.05) is 54.7 Å². The Morgan fingerprint density at radius 2 is 1.46 bits per heavy atom. The van der Waals surface area contributed by atoms with E-state index in [1.165, 1.54) is 28.5 Å². The quantitative estimate of drug-likeness (QED) is 0.149. The van der Waals surface area contributed by atoms with Gasteiger partial charge >= 0.3 is 0 Å². The zero-order valence-corrected chi connectivity index (χ0v) is 36.1. The van der Waals surface area contributed by atoms with Gasteiger partial charge in [-0.3, -0.25) is 28.2 Å². The molecule has 1 amide bonds. The van der Waals surface area contributed by atoms with Crippen molar-refractivity contribution >= 4 is 24.9 Å². The Morgan fingerprint density at radius 1 is 0.820 bits per heavy atom. The molecule has 1 N–H and O–H groups in total. The van der Waals surface area contributed by atoms with E-state index in [0.29, 0.717) is 47.7 Å². The van der Waals surface area contributed by atoms with Gasteiger partial charge in [0.05, 0.1) is 53.4 Å². The molecule has 3 aromatic carbocycles. The van der Waals surface area contributed by atoms with Crippen molar-refractivity contribution in [1.29, 1.82) is 0 Å². The van der Waals surface area contributed by atoms with Gasteiger partial charge in [0.2, 0.25) is 0 Å². The van der Waals surface area contributed by atoms with Gasteiger partial charge < -0.3 is 29.0 Å². The first-order valence-electron chi connectivity index (χ1n) is 20.3. The molecule has 0 radical (unpaired) electrons. The molecule has 1 spiro atoms. The van der Waals surface area contributed by atoms with Gasteiger partial charge in [-0.05, 0) is 84.3 Å². The van der Waals surface area contributed by atoms with Gasteiger partial charge in [0.25, 0.3) is 17.0 Å². The number of hydrogen-bond acceptors (Lipinski definition) is 10. The van der Waals surface area contributed by atoms with Crippen LogP contribution >= 0.6 is 0 Å². The maximum atomic E-state index is 15.6. The van der Waals surface area contributed by atoms with Crippen LogP contribution in [0.4, 0.5) is 5.69 Å². The number of nitrogens with zero attached hydrogens (tertiary/aromatic N) is 6. The van der Waals surface area contributed by atoms with Crippen molar-refractivity contribution < 1.29 is 28.8 Å². The van der Waals surface area contributed by atoms with E-state index in [1.54, 1.807) is 53.4 Å². The Labute approximate surface area is 354 Å². The van der Waals surface area contributed by atoms with E-state index < -0.39 is 13.7 Å². The van der Waals surface area contributed by atoms with E-state index in [9.17, 15) is 14.7 Å². The number of hydrogen-bond donors (Lipinski definition) is 1. The van der Waals surface area contributed by atoms with E-state index in [2.05, 4.69) is 42.5 Å². The maximum absolute atomic E-state index is 15.6. The fraction of sp³-hybridized carbons (Fsp3) is 0.326. The van der Waals surface area contributed by atoms with Crippen molar-refractivity contribution in [3.05, 3.63) is 147 Å². The molecule has 5 heterocycles. The Balaban J connectivity index is 1.23. The highest BCUT2D eigenvalue weighted by molar-refractivity contribution is 6.91. The van der Waals surface area contributed by atoms with Gasteiger partial charge in [-0.2, -0.15) is 0 Å². The van der Waals surface area contributed by atoms with Crippen molar-refractivity contribution in [3.63, 3.8) is 0 Å². The first-order valence-corrected chi connectivity index (χ1v) is 23.4. The van der Waals surface area contributed by atoms with Crippen molar-refractivity contribution in [2.45, 2.75) is 63.2 Å². The molecule has 4 atom stereocenters. The molecule has 3 aromatic heterocycles. The number of aliphatic hydroxyl groups is 1. The number of aromatic nitrogens is 5. The van der Waals surface area contributed by atoms with Crippen molar-refractivity contribution in [2.75, 3.05) is 32.8 Å². The molecule has 6 aromatic rings. The summed E-state index contributed by atoms with van der Waals surface area (Å²) in [7, 11) is 2.10. The lowest BCUT2D eigenvalue weighted by Crippen LogP contribution is -2.51. The summed E-state index contributed by atoms with van der Waals surface area (Å²) in [5.41, 5.74) is 2.10. The van der Waals surface area contributed by atoms with Crippen LogP contribution in [-0.2, 0) is 34.6 Å². The lowest BCUT2D eigenvalue weighted by molar-refractivity contribution is -0.146. The number of rotatable bonds is 14. The highest BCUT2D eigenvalue weighted by atomic mass is 28.3. The highest BCUT2D eigenvalue weighted by Gasteiger charge is 2.66. The van der Waals surface area contributed by atoms with Gasteiger partial charge in [-0.15, -0.1) is 5.10 Å². The largest absolute Gasteiger partial charge is 0.497 e. The summed E-state index contributed by atoms with van der Waals surface area (Å²) < 4.78 is 28.4. The summed E-state index contributed by atoms with van der Waals surface area (Å²) >= 11 is 0. The molecule has 2 aliphatic heterocycles. The number of pyridine rings is 2. The molecule has 8 rings (SSSR count). The maximum Gasteiger partial charge on any atom is 0.297 e. The second-order valence-corrected chi connectivity index (χ2v) is 20.8. The minimum Gasteiger partial charge on any atom is -0.497 e. The smallest absolute Gasteiger partial charge is 0.297 e. The SMILES string of the molecule is COc1ccc([Si](C)(C)[C@@H]2[C@@H](CCn3cc(CCO)nn3)O[C@]3(C(=O)N(Cc4ccc(-n5cccc(OC)c5=O)cc4)c4ccc(-n5cccc(OC)c5=O)cc43)[C@H]2C)cc1. The zero-order chi connectivity index (χ0) is 43.1. The fourth-order valence-corrected chi connectivity index (χ4v) is 13.5. The third kappa shape index (κ3) is 7.25. The lowest BCUT2D eigenvalue weighted by atomic mass is 9.82. The summed E-state index contributed by atoms with van der Waals surface area (Å²) in [5.74, 6) is 0.707. The highest BCUT2D eigenvalue weighted by Crippen LogP contribution is 2.60. The fourth-order valence-electron chi connectivity index (χ4n) is 9.42. The van der Waals surface area contributed by atoms with Crippen LogP contribution in [-0.4, -0.2) is 77.3 Å². The number of amides is 1. The van der Waals surface area contributed by atoms with Crippen LogP contribution in [0.3, 0.4) is 0 Å². The summed E-state index contributed by atoms with van der Waals surface area (Å²) in [5, 5.41) is 19.3. The lowest BCUT2D eigenvalue weighted by Gasteiger charge is -2.37. The van der Waals surface area contributed by atoms with Crippen LogP contribution in [0.15, 0.2) is 119 Å². The number of aryl methyl sites for hydroxylation is 1. The van der Waals surface area contributed by atoms with Crippen molar-refractivity contribution in [3.8, 4) is 28.6 Å². The van der Waals surface area contributed by atoms with Crippen LogP contribution in [0.5, 0.6) is 17.2 Å². The van der Waals surface area contributed by atoms with Crippen LogP contribution in [0.2, 0.25) is 18.6 Å². The molecular weight excluding hydrogens is 793 g/mol. The molecule has 1 saturated heterocycles. The average Bonchev–Trinajstić information content (AvgIpc) is 3.92. The molecule has 2 aliphatic rings. The number of aliphatic hydroxyl groups excluding tert-OH is 1. The molecule has 0 saturated carbocycles. The minimum absolute atomic E-state index is 0.0253. The van der Waals surface area contributed by atoms with E-state index in [0.717, 1.165) is 11.3 Å². The molecule has 15 heteroatoms. The first-order chi connectivity index (χ1) is 29.4. The number of ether oxygens (including phenoxy) is 4. The average molecular weight is 843 g/mol. The summed E-state index contributed by atoms with van der Waals surface area (Å²) in [6.45, 7) is 7.49. The Morgan fingerprint density at radius 3 is 2.08 bits per heavy atom. The van der Waals surface area contributed by atoms with Gasteiger partial charge in [-0.25, -0.2) is 0 Å². The molecule has 316 valence electrons. The number of anilines is 1. The number of methoxy groups -OCH3 is 3. The summed E-state index contributed by atoms with van der Waals surface area (Å²) in [6.07, 6.45) is 5.81. The normalized spacial score (nSPS) is 19.7. The first kappa shape index (κ1) is 41.4. The van der Waals surface area contributed by atoms with Crippen LogP contribution in [0.25, 0.3) is 11.4 Å². The zero-order valence-electron chi connectivity index (χ0n) is 35.1. The van der Waals surface area contributed by atoms with Crippen molar-refractivity contribution in [2.24, 2.45) is 5.92 Å². The molecule has 0 bridgehead atoms. The van der Waals surface area contributed by atoms with Crippen LogP contribution in [0, 0.1) is 5.92 Å². The second-order valence-electron chi connectivity index (χ2n) is 16.2. The molecule has 0 aliphatic carbocycles. The standard InChI is InChI=1S/C46H50N6O8Si/c1-30-42(61(5,6)36-18-16-35(57-2)17-19-36)39(21-25-49-29-32(22-26-53)47-48-49)60-46(30)37-27-34(51-24-8-10-41(59-4)44(51)55)15-20-38(37)52(45(46)56)28-31-11-13-33(14-12-31)50-23-7-9-40(58-3)43(50)54/h7-20,23-24,27,29-30,39,42,53H,21-22,25-26,28H2,1-6H3/t30-,39+,42-,46+/m0/s1. The number of benzene rings is 3. The predicted octanol–water partition coefficient (Wildman–Crippen LogP) is 4.99. The minimum atomic E-state index is -2.48. The summed E-state index contributed by atoms with van der Waals surface area (Å²) in [6, 6.07) is 28.2. The number of carbonyl (C=O) groups is 1. The molecule has 0 unspecified atom stereocenters. The monoisotopic (exact) mass is 842 g/mol. The third-order valence-electron chi connectivity index (χ3n) is 12.5.